The monoisotopic (exact) mass is 424 g/mol. The van der Waals surface area contributed by atoms with Gasteiger partial charge in [0, 0.05) is 36.8 Å². The molecule has 0 spiro atoms. The highest BCUT2D eigenvalue weighted by atomic mass is 16.5. The summed E-state index contributed by atoms with van der Waals surface area (Å²) in [5, 5.41) is 0. The molecule has 1 saturated heterocycles. The maximum atomic E-state index is 13.0. The molecule has 3 rings (SSSR count). The van der Waals surface area contributed by atoms with Crippen LogP contribution in [-0.4, -0.2) is 50.3 Å². The van der Waals surface area contributed by atoms with Gasteiger partial charge in [0.2, 0.25) is 0 Å². The topological polar surface area (TPSA) is 74.0 Å². The first-order valence-corrected chi connectivity index (χ1v) is 10.5. The number of nitrogens with two attached hydrogens (primary N) is 1. The lowest BCUT2D eigenvalue weighted by Gasteiger charge is -2.47. The Morgan fingerprint density at radius 3 is 2.53 bits per heavy atom. The van der Waals surface area contributed by atoms with E-state index in [1.54, 1.807) is 33.8 Å². The Morgan fingerprint density at radius 2 is 1.93 bits per heavy atom. The van der Waals surface area contributed by atoms with Crippen LogP contribution in [-0.2, 0) is 16.0 Å². The Morgan fingerprint density at radius 1 is 1.27 bits per heavy atom. The van der Waals surface area contributed by atoms with Crippen LogP contribution in [0.5, 0.6) is 11.5 Å². The van der Waals surface area contributed by atoms with Crippen molar-refractivity contribution in [3.63, 3.8) is 0 Å². The molecule has 0 amide bonds. The molecule has 0 aromatic heterocycles. The second kappa shape index (κ2) is 9.56. The Kier molecular flexibility index (Phi) is 5.08. The molecule has 2 aliphatic heterocycles. The van der Waals surface area contributed by atoms with Gasteiger partial charge in [0.15, 0.2) is 11.5 Å². The van der Waals surface area contributed by atoms with Crippen LogP contribution in [0.3, 0.4) is 0 Å². The van der Waals surface area contributed by atoms with E-state index in [0.717, 1.165) is 0 Å². The first kappa shape index (κ1) is 15.9. The first-order valence-electron chi connectivity index (χ1n) is 13.5. The zero-order valence-electron chi connectivity index (χ0n) is 24.7. The number of hydrogen-bond donors (Lipinski definition) is 1. The number of hydrogen-bond acceptors (Lipinski definition) is 6. The zero-order chi connectivity index (χ0) is 27.4. The third-order valence-electron chi connectivity index (χ3n) is 5.43. The summed E-state index contributed by atoms with van der Waals surface area (Å²) in [6.45, 7) is 4.38. The quantitative estimate of drug-likeness (QED) is 0.675. The number of nitrogens with zero attached hydrogens (tertiary/aromatic N) is 1. The fraction of sp³-hybridized carbons (Fsp3) is 0.708. The number of carbonyl (C=O) groups excluding carboxylic acids is 1. The number of methoxy groups -OCH3 is 2. The molecule has 2 N–H and O–H groups in total. The lowest BCUT2D eigenvalue weighted by molar-refractivity contribution is -0.160. The van der Waals surface area contributed by atoms with Gasteiger partial charge in [-0.2, -0.15) is 0 Å². The largest absolute Gasteiger partial charge is 0.493 e. The summed E-state index contributed by atoms with van der Waals surface area (Å²) in [5.41, 5.74) is 6.88. The van der Waals surface area contributed by atoms with Gasteiger partial charge in [-0.05, 0) is 47.9 Å². The smallest absolute Gasteiger partial charge is 0.323 e. The summed E-state index contributed by atoms with van der Waals surface area (Å²) >= 11 is 0. The lowest BCUT2D eigenvalue weighted by atomic mass is 9.79. The van der Waals surface area contributed by atoms with E-state index in [4.69, 9.17) is 22.7 Å². The van der Waals surface area contributed by atoms with Gasteiger partial charge in [-0.15, -0.1) is 0 Å². The second-order valence-electron chi connectivity index (χ2n) is 8.54. The Labute approximate surface area is 189 Å². The van der Waals surface area contributed by atoms with E-state index in [-0.39, 0.29) is 36.1 Å². The SMILES string of the molecule is [2H]C1C2([2H])c3cc(OC)c(OC)cc3CCN2C([2H])([2H])C([2H])(CC(C)C)C1([2H])OC(=O)[C@@H](N)C(C)C. The summed E-state index contributed by atoms with van der Waals surface area (Å²) in [4.78, 5) is 14.2. The molecule has 4 unspecified atom stereocenters. The van der Waals surface area contributed by atoms with Gasteiger partial charge in [0.05, 0.1) is 17.0 Å². The van der Waals surface area contributed by atoms with Crippen molar-refractivity contribution in [1.29, 1.82) is 0 Å². The molecule has 2 heterocycles. The minimum Gasteiger partial charge on any atom is -0.493 e. The molecule has 0 bridgehead atoms. The molecule has 168 valence electrons. The summed E-state index contributed by atoms with van der Waals surface area (Å²) in [6, 6.07) is -0.0851. The molecule has 0 saturated carbocycles. The van der Waals surface area contributed by atoms with Crippen molar-refractivity contribution >= 4 is 5.97 Å². The van der Waals surface area contributed by atoms with Gasteiger partial charge < -0.3 is 19.9 Å². The highest BCUT2D eigenvalue weighted by Gasteiger charge is 2.41. The molecule has 5 atom stereocenters. The Balaban J connectivity index is 2.29. The van der Waals surface area contributed by atoms with E-state index >= 15 is 0 Å². The van der Waals surface area contributed by atoms with E-state index in [2.05, 4.69) is 0 Å². The average Bonchev–Trinajstić information content (AvgIpc) is 2.80. The number of rotatable bonds is 7. The molecule has 1 aromatic carbocycles. The second-order valence-corrected chi connectivity index (χ2v) is 8.54. The van der Waals surface area contributed by atoms with Crippen LogP contribution in [0, 0.1) is 17.7 Å². The number of carbonyl (C=O) groups is 1. The number of benzene rings is 1. The van der Waals surface area contributed by atoms with Crippen molar-refractivity contribution in [2.75, 3.05) is 27.3 Å². The van der Waals surface area contributed by atoms with Gasteiger partial charge >= 0.3 is 5.97 Å². The molecule has 0 aliphatic carbocycles. The summed E-state index contributed by atoms with van der Waals surface area (Å²) in [5.74, 6) is -3.26. The third-order valence-corrected chi connectivity index (χ3v) is 5.43. The Bertz CT molecular complexity index is 1010. The molecule has 1 aromatic rings. The third kappa shape index (κ3) is 4.75. The van der Waals surface area contributed by atoms with E-state index in [1.807, 2.05) is 0 Å². The van der Waals surface area contributed by atoms with E-state index in [0.29, 0.717) is 17.7 Å². The van der Waals surface area contributed by atoms with Crippen LogP contribution in [0.25, 0.3) is 0 Å². The molecule has 6 heteroatoms. The van der Waals surface area contributed by atoms with Crippen LogP contribution in [0.4, 0.5) is 0 Å². The molecule has 30 heavy (non-hydrogen) atoms. The molecule has 0 radical (unpaired) electrons. The number of esters is 1. The summed E-state index contributed by atoms with van der Waals surface area (Å²) in [6.07, 6.45) is -4.45. The van der Waals surface area contributed by atoms with Crippen LogP contribution in [0.15, 0.2) is 12.1 Å². The van der Waals surface area contributed by atoms with E-state index in [1.165, 1.54) is 25.2 Å². The zero-order valence-corrected chi connectivity index (χ0v) is 18.7. The van der Waals surface area contributed by atoms with E-state index < -0.39 is 42.9 Å². The van der Waals surface area contributed by atoms with Crippen molar-refractivity contribution in [1.82, 2.24) is 4.90 Å². The van der Waals surface area contributed by atoms with Gasteiger partial charge in [0.25, 0.3) is 0 Å². The normalized spacial score (nSPS) is 39.3. The van der Waals surface area contributed by atoms with Crippen LogP contribution in [0.2, 0.25) is 0 Å². The molecule has 1 fully saturated rings. The van der Waals surface area contributed by atoms with Crippen molar-refractivity contribution < 1.29 is 27.2 Å². The van der Waals surface area contributed by atoms with Crippen molar-refractivity contribution in [2.45, 2.75) is 65.1 Å². The number of fused-ring (bicyclic) bond motifs is 3. The maximum absolute atomic E-state index is 13.0. The highest BCUT2D eigenvalue weighted by molar-refractivity contribution is 5.76. The fourth-order valence-corrected chi connectivity index (χ4v) is 3.66. The average molecular weight is 425 g/mol. The van der Waals surface area contributed by atoms with Crippen molar-refractivity contribution in [3.8, 4) is 11.5 Å². The van der Waals surface area contributed by atoms with Gasteiger partial charge in [-0.1, -0.05) is 27.7 Å². The predicted octanol–water partition coefficient (Wildman–Crippen LogP) is 3.56. The first-order chi connectivity index (χ1) is 16.5. The minimum atomic E-state index is -2.75. The number of piperidine rings is 1. The summed E-state index contributed by atoms with van der Waals surface area (Å²) < 4.78 is 72.1. The van der Waals surface area contributed by atoms with Gasteiger partial charge in [0.1, 0.15) is 12.1 Å². The lowest BCUT2D eigenvalue weighted by Crippen LogP contribution is -2.51. The van der Waals surface area contributed by atoms with Crippen molar-refractivity contribution in [3.05, 3.63) is 23.3 Å². The minimum absolute atomic E-state index is 0.0304. The number of ether oxygens (including phenoxy) is 3. The molecule has 6 nitrogen and oxygen atoms in total. The molecular weight excluding hydrogens is 380 g/mol. The fourth-order valence-electron chi connectivity index (χ4n) is 3.66. The standard InChI is InChI=1S/C24H38N2O4/c1-14(2)9-17-13-26-8-7-16-10-21(28-5)22(29-6)11-18(16)19(26)12-20(17)30-24(27)23(25)15(3)4/h10-11,14-15,17,19-20,23H,7-9,12-13,25H2,1-6H3/t17?,19?,20?,23-/m0/s1/i12D,13D2,17D,19D,20D/t12?,17?,19?,20?,23-. The van der Waals surface area contributed by atoms with Gasteiger partial charge in [-0.3, -0.25) is 9.69 Å². The van der Waals surface area contributed by atoms with Crippen LogP contribution >= 0.6 is 0 Å². The summed E-state index contributed by atoms with van der Waals surface area (Å²) in [7, 11) is 2.91. The van der Waals surface area contributed by atoms with Crippen LogP contribution in [0.1, 0.15) is 65.9 Å². The van der Waals surface area contributed by atoms with Crippen LogP contribution < -0.4 is 15.2 Å². The van der Waals surface area contributed by atoms with Gasteiger partial charge in [-0.25, -0.2) is 0 Å². The Hall–Kier alpha value is -1.79. The molecular formula is C24H38N2O4. The highest BCUT2D eigenvalue weighted by Crippen LogP contribution is 2.44. The molecule has 2 aliphatic rings. The maximum Gasteiger partial charge on any atom is 0.323 e. The van der Waals surface area contributed by atoms with E-state index in [9.17, 15) is 10.3 Å². The predicted molar refractivity (Wildman–Crippen MR) is 118 cm³/mol. The van der Waals surface area contributed by atoms with Crippen molar-refractivity contribution in [2.24, 2.45) is 23.5 Å².